The monoisotopic (exact) mass is 424 g/mol. The molecule has 0 spiro atoms. The van der Waals surface area contributed by atoms with Crippen LogP contribution in [0.1, 0.15) is 44.7 Å². The molecule has 1 saturated carbocycles. The topological polar surface area (TPSA) is 114 Å². The van der Waals surface area contributed by atoms with Gasteiger partial charge in [0.15, 0.2) is 5.82 Å². The largest absolute Gasteiger partial charge is 0.367 e. The Hall–Kier alpha value is -2.70. The van der Waals surface area contributed by atoms with E-state index in [-0.39, 0.29) is 0 Å². The fraction of sp³-hybridized carbons (Fsp3) is 0.524. The average molecular weight is 425 g/mol. The number of thiophene rings is 1. The number of rotatable bonds is 7. The molecule has 3 heterocycles. The Kier molecular flexibility index (Phi) is 6.45. The van der Waals surface area contributed by atoms with Gasteiger partial charge in [0.05, 0.1) is 11.5 Å². The van der Waals surface area contributed by atoms with Crippen molar-refractivity contribution in [1.29, 1.82) is 5.26 Å². The molecule has 30 heavy (non-hydrogen) atoms. The summed E-state index contributed by atoms with van der Waals surface area (Å²) >= 11 is 1.61. The molecule has 3 atom stereocenters. The standard InChI is InChI=1S/C21H28N8S/c1-13-4-5-15(23-8-3-7-22)12-16(10-13)24-19-17-6-9-30-20(17)27-21(26-19)25-18-11-14(2)28-29-18/h6,9,11,13,15-16,23H,3-5,8,10,12H2,1-2H3,(H3,24,25,26,27,28,29)/t13-,15+,16?/m0/s1. The molecule has 1 aliphatic rings. The van der Waals surface area contributed by atoms with Crippen molar-refractivity contribution in [2.45, 2.75) is 58.0 Å². The number of fused-ring (bicyclic) bond motifs is 1. The summed E-state index contributed by atoms with van der Waals surface area (Å²) in [5, 5.41) is 29.6. The minimum Gasteiger partial charge on any atom is -0.367 e. The molecular weight excluding hydrogens is 396 g/mol. The maximum atomic E-state index is 8.83. The zero-order valence-electron chi connectivity index (χ0n) is 17.4. The van der Waals surface area contributed by atoms with Crippen molar-refractivity contribution in [3.63, 3.8) is 0 Å². The van der Waals surface area contributed by atoms with Crippen LogP contribution in [0.15, 0.2) is 17.5 Å². The molecule has 0 bridgehead atoms. The van der Waals surface area contributed by atoms with E-state index in [0.717, 1.165) is 47.5 Å². The Balaban J connectivity index is 1.53. The van der Waals surface area contributed by atoms with E-state index in [2.05, 4.69) is 55.6 Å². The van der Waals surface area contributed by atoms with Crippen molar-refractivity contribution < 1.29 is 0 Å². The van der Waals surface area contributed by atoms with Crippen LogP contribution in [0.5, 0.6) is 0 Å². The molecule has 4 N–H and O–H groups in total. The highest BCUT2D eigenvalue weighted by Gasteiger charge is 2.24. The number of H-pyrrole nitrogens is 1. The van der Waals surface area contributed by atoms with Gasteiger partial charge in [0.1, 0.15) is 10.6 Å². The molecule has 0 radical (unpaired) electrons. The van der Waals surface area contributed by atoms with Gasteiger partial charge in [-0.1, -0.05) is 6.92 Å². The first-order valence-corrected chi connectivity index (χ1v) is 11.4. The molecule has 1 fully saturated rings. The predicted molar refractivity (Wildman–Crippen MR) is 121 cm³/mol. The summed E-state index contributed by atoms with van der Waals surface area (Å²) in [6.45, 7) is 5.03. The molecule has 8 nitrogen and oxygen atoms in total. The average Bonchev–Trinajstić information content (AvgIpc) is 3.30. The first kappa shape index (κ1) is 20.6. The molecule has 0 amide bonds. The van der Waals surface area contributed by atoms with Crippen molar-refractivity contribution in [3.8, 4) is 6.07 Å². The minimum atomic E-state index is 0.320. The van der Waals surface area contributed by atoms with E-state index in [1.165, 1.54) is 6.42 Å². The fourth-order valence-electron chi connectivity index (χ4n) is 4.09. The number of aryl methyl sites for hydroxylation is 1. The summed E-state index contributed by atoms with van der Waals surface area (Å²) < 4.78 is 0. The van der Waals surface area contributed by atoms with Gasteiger partial charge in [-0.3, -0.25) is 5.10 Å². The van der Waals surface area contributed by atoms with Gasteiger partial charge in [0.2, 0.25) is 5.95 Å². The molecule has 4 rings (SSSR count). The molecule has 1 aliphatic carbocycles. The second kappa shape index (κ2) is 9.41. The maximum Gasteiger partial charge on any atom is 0.231 e. The minimum absolute atomic E-state index is 0.320. The summed E-state index contributed by atoms with van der Waals surface area (Å²) in [6, 6.07) is 6.97. The predicted octanol–water partition coefficient (Wildman–Crippen LogP) is 4.33. The molecule has 158 valence electrons. The summed E-state index contributed by atoms with van der Waals surface area (Å²) in [4.78, 5) is 10.4. The van der Waals surface area contributed by atoms with Crippen molar-refractivity contribution in [2.75, 3.05) is 17.2 Å². The van der Waals surface area contributed by atoms with Gasteiger partial charge >= 0.3 is 0 Å². The molecule has 0 aliphatic heterocycles. The molecular formula is C21H28N8S. The highest BCUT2D eigenvalue weighted by molar-refractivity contribution is 7.16. The van der Waals surface area contributed by atoms with E-state index < -0.39 is 0 Å². The van der Waals surface area contributed by atoms with Crippen LogP contribution in [0, 0.1) is 24.2 Å². The second-order valence-electron chi connectivity index (χ2n) is 8.15. The number of nitrogens with zero attached hydrogens (tertiary/aromatic N) is 4. The Morgan fingerprint density at radius 1 is 1.27 bits per heavy atom. The molecule has 3 aromatic rings. The molecule has 1 unspecified atom stereocenters. The van der Waals surface area contributed by atoms with E-state index in [1.807, 2.05) is 13.0 Å². The Morgan fingerprint density at radius 3 is 2.97 bits per heavy atom. The number of nitriles is 1. The van der Waals surface area contributed by atoms with Gasteiger partial charge in [0.25, 0.3) is 0 Å². The quantitative estimate of drug-likeness (QED) is 0.330. The lowest BCUT2D eigenvalue weighted by Gasteiger charge is -2.23. The van der Waals surface area contributed by atoms with Crippen LogP contribution in [-0.2, 0) is 0 Å². The van der Waals surface area contributed by atoms with Crippen molar-refractivity contribution >= 4 is 39.1 Å². The van der Waals surface area contributed by atoms with Gasteiger partial charge in [-0.05, 0) is 50.0 Å². The Labute approximate surface area is 180 Å². The van der Waals surface area contributed by atoms with Crippen molar-refractivity contribution in [2.24, 2.45) is 5.92 Å². The van der Waals surface area contributed by atoms with Gasteiger partial charge in [0, 0.05) is 36.8 Å². The first-order chi connectivity index (χ1) is 14.6. The smallest absolute Gasteiger partial charge is 0.231 e. The number of nitrogens with one attached hydrogen (secondary N) is 4. The van der Waals surface area contributed by atoms with Crippen LogP contribution in [0.25, 0.3) is 10.2 Å². The van der Waals surface area contributed by atoms with Crippen molar-refractivity contribution in [3.05, 3.63) is 23.2 Å². The number of aromatic amines is 1. The highest BCUT2D eigenvalue weighted by Crippen LogP contribution is 2.31. The lowest BCUT2D eigenvalue weighted by Crippen LogP contribution is -2.34. The van der Waals surface area contributed by atoms with E-state index in [9.17, 15) is 0 Å². The van der Waals surface area contributed by atoms with E-state index >= 15 is 0 Å². The van der Waals surface area contributed by atoms with Crippen molar-refractivity contribution in [1.82, 2.24) is 25.5 Å². The number of anilines is 3. The van der Waals surface area contributed by atoms with Crippen LogP contribution < -0.4 is 16.0 Å². The molecule has 0 saturated heterocycles. The maximum absolute atomic E-state index is 8.83. The number of hydrogen-bond acceptors (Lipinski definition) is 8. The van der Waals surface area contributed by atoms with Crippen LogP contribution in [0.3, 0.4) is 0 Å². The van der Waals surface area contributed by atoms with Gasteiger partial charge in [-0.2, -0.15) is 15.3 Å². The van der Waals surface area contributed by atoms with E-state index in [4.69, 9.17) is 10.2 Å². The number of aromatic nitrogens is 4. The lowest BCUT2D eigenvalue weighted by molar-refractivity contribution is 0.449. The zero-order chi connectivity index (χ0) is 20.9. The summed E-state index contributed by atoms with van der Waals surface area (Å²) in [7, 11) is 0. The third-order valence-electron chi connectivity index (χ3n) is 5.55. The van der Waals surface area contributed by atoms with E-state index in [0.29, 0.717) is 36.2 Å². The van der Waals surface area contributed by atoms with Crippen LogP contribution in [-0.4, -0.2) is 38.8 Å². The molecule has 3 aromatic heterocycles. The SMILES string of the molecule is Cc1cc(Nc2nc(NC3C[C@@H](C)CC[C@@H](NCCC#N)C3)c3ccsc3n2)n[nH]1. The fourth-order valence-corrected chi connectivity index (χ4v) is 4.86. The van der Waals surface area contributed by atoms with Gasteiger partial charge in [-0.25, -0.2) is 4.98 Å². The first-order valence-electron chi connectivity index (χ1n) is 10.5. The molecule has 0 aromatic carbocycles. The molecule has 9 heteroatoms. The van der Waals surface area contributed by atoms with Crippen LogP contribution in [0.4, 0.5) is 17.6 Å². The van der Waals surface area contributed by atoms with E-state index in [1.54, 1.807) is 11.3 Å². The summed E-state index contributed by atoms with van der Waals surface area (Å²) in [5.74, 6) is 2.77. The van der Waals surface area contributed by atoms with Gasteiger partial charge < -0.3 is 16.0 Å². The lowest BCUT2D eigenvalue weighted by atomic mass is 10.0. The summed E-state index contributed by atoms with van der Waals surface area (Å²) in [5.41, 5.74) is 0.982. The third kappa shape index (κ3) is 5.07. The second-order valence-corrected chi connectivity index (χ2v) is 9.05. The van der Waals surface area contributed by atoms with Crippen LogP contribution in [0.2, 0.25) is 0 Å². The Morgan fingerprint density at radius 2 is 2.17 bits per heavy atom. The van der Waals surface area contributed by atoms with Gasteiger partial charge in [-0.15, -0.1) is 11.3 Å². The summed E-state index contributed by atoms with van der Waals surface area (Å²) in [6.07, 6.45) is 5.02. The zero-order valence-corrected chi connectivity index (χ0v) is 18.2. The number of hydrogen-bond donors (Lipinski definition) is 4. The Bertz CT molecular complexity index is 1020. The van der Waals surface area contributed by atoms with Crippen LogP contribution >= 0.6 is 11.3 Å². The normalized spacial score (nSPS) is 21.8. The highest BCUT2D eigenvalue weighted by atomic mass is 32.1. The third-order valence-corrected chi connectivity index (χ3v) is 6.35.